The van der Waals surface area contributed by atoms with Crippen LogP contribution in [0.15, 0.2) is 46.1 Å². The molecule has 2 aromatic heterocycles. The molecule has 2 amide bonds. The van der Waals surface area contributed by atoms with E-state index in [0.717, 1.165) is 22.2 Å². The van der Waals surface area contributed by atoms with Gasteiger partial charge in [0.05, 0.1) is 5.69 Å². The number of hydrogen-bond acceptors (Lipinski definition) is 6. The van der Waals surface area contributed by atoms with Crippen molar-refractivity contribution >= 4 is 34.2 Å². The second kappa shape index (κ2) is 8.44. The predicted octanol–water partition coefficient (Wildman–Crippen LogP) is 0.353. The largest absolute Gasteiger partial charge is 0.367 e. The van der Waals surface area contributed by atoms with Gasteiger partial charge in [-0.3, -0.25) is 23.5 Å². The van der Waals surface area contributed by atoms with E-state index in [2.05, 4.69) is 4.98 Å². The molecule has 176 valence electrons. The first-order valence-corrected chi connectivity index (χ1v) is 11.3. The Balaban J connectivity index is 1.53. The van der Waals surface area contributed by atoms with Crippen LogP contribution in [0.5, 0.6) is 0 Å². The summed E-state index contributed by atoms with van der Waals surface area (Å²) in [7, 11) is 1.56. The Morgan fingerprint density at radius 3 is 2.44 bits per heavy atom. The van der Waals surface area contributed by atoms with Crippen LogP contribution in [0.25, 0.3) is 11.0 Å². The number of benzene rings is 1. The molecule has 0 radical (unpaired) electrons. The molecule has 0 saturated carbocycles. The van der Waals surface area contributed by atoms with E-state index in [0.29, 0.717) is 43.8 Å². The van der Waals surface area contributed by atoms with Crippen molar-refractivity contribution in [3.8, 4) is 0 Å². The number of carbonyl (C=O) groups excluding carboxylic acids is 2. The molecule has 0 aliphatic carbocycles. The molecule has 34 heavy (non-hydrogen) atoms. The Labute approximate surface area is 195 Å². The van der Waals surface area contributed by atoms with Gasteiger partial charge in [-0.25, -0.2) is 9.78 Å². The van der Waals surface area contributed by atoms with Crippen LogP contribution in [0, 0.1) is 0 Å². The third kappa shape index (κ3) is 3.55. The number of piperazine rings is 1. The van der Waals surface area contributed by atoms with Gasteiger partial charge in [-0.1, -0.05) is 18.2 Å². The summed E-state index contributed by atoms with van der Waals surface area (Å²) in [6, 6.07) is 9.41. The maximum Gasteiger partial charge on any atom is 0.332 e. The normalized spacial score (nSPS) is 15.6. The zero-order valence-corrected chi connectivity index (χ0v) is 19.2. The molecule has 0 atom stereocenters. The van der Waals surface area contributed by atoms with Gasteiger partial charge in [0.25, 0.3) is 5.56 Å². The smallest absolute Gasteiger partial charge is 0.332 e. The standard InChI is InChI=1S/C24H26N6O4/c1-16(31)27-11-13-28(14-12-27)19-7-9-25-22-21(19)23(33)30(24(34)26(22)2)15-20(32)29-10-8-17-5-3-4-6-18(17)29/h3-7,9H,8,10-15H2,1-2H3. The number of anilines is 2. The molecule has 5 rings (SSSR count). The van der Waals surface area contributed by atoms with Crippen LogP contribution in [0.3, 0.4) is 0 Å². The number of aryl methyl sites for hydroxylation is 1. The minimum atomic E-state index is -0.579. The number of nitrogens with zero attached hydrogens (tertiary/aromatic N) is 6. The Kier molecular flexibility index (Phi) is 5.43. The number of rotatable bonds is 3. The molecule has 0 N–H and O–H groups in total. The van der Waals surface area contributed by atoms with Crippen molar-refractivity contribution in [1.29, 1.82) is 0 Å². The number of pyridine rings is 1. The van der Waals surface area contributed by atoms with Gasteiger partial charge in [0, 0.05) is 58.6 Å². The van der Waals surface area contributed by atoms with Gasteiger partial charge in [-0.2, -0.15) is 0 Å². The summed E-state index contributed by atoms with van der Waals surface area (Å²) in [5.74, 6) is -0.282. The van der Waals surface area contributed by atoms with E-state index in [1.165, 1.54) is 4.57 Å². The van der Waals surface area contributed by atoms with Gasteiger partial charge in [0.15, 0.2) is 5.65 Å². The molecule has 10 heteroatoms. The lowest BCUT2D eigenvalue weighted by atomic mass is 10.2. The number of carbonyl (C=O) groups is 2. The van der Waals surface area contributed by atoms with E-state index in [1.54, 1.807) is 36.0 Å². The highest BCUT2D eigenvalue weighted by Crippen LogP contribution is 2.27. The molecular formula is C24H26N6O4. The Hall–Kier alpha value is -3.95. The molecule has 1 aromatic carbocycles. The molecule has 0 spiro atoms. The summed E-state index contributed by atoms with van der Waals surface area (Å²) in [4.78, 5) is 61.2. The van der Waals surface area contributed by atoms with Gasteiger partial charge in [-0.15, -0.1) is 0 Å². The number of amides is 2. The summed E-state index contributed by atoms with van der Waals surface area (Å²) >= 11 is 0. The predicted molar refractivity (Wildman–Crippen MR) is 128 cm³/mol. The van der Waals surface area contributed by atoms with Crippen LogP contribution in [0.2, 0.25) is 0 Å². The van der Waals surface area contributed by atoms with E-state index in [9.17, 15) is 19.2 Å². The third-order valence-corrected chi connectivity index (χ3v) is 6.75. The molecule has 10 nitrogen and oxygen atoms in total. The van der Waals surface area contributed by atoms with E-state index >= 15 is 0 Å². The van der Waals surface area contributed by atoms with Crippen molar-refractivity contribution in [3.05, 3.63) is 62.9 Å². The zero-order chi connectivity index (χ0) is 24.0. The highest BCUT2D eigenvalue weighted by atomic mass is 16.2. The molecule has 0 bridgehead atoms. The fraction of sp³-hybridized carbons (Fsp3) is 0.375. The van der Waals surface area contributed by atoms with Crippen LogP contribution in [0.1, 0.15) is 12.5 Å². The topological polar surface area (TPSA) is 101 Å². The number of aromatic nitrogens is 3. The Morgan fingerprint density at radius 1 is 0.971 bits per heavy atom. The summed E-state index contributed by atoms with van der Waals surface area (Å²) in [5, 5.41) is 0.301. The Morgan fingerprint density at radius 2 is 1.71 bits per heavy atom. The van der Waals surface area contributed by atoms with Gasteiger partial charge in [-0.05, 0) is 24.1 Å². The second-order valence-corrected chi connectivity index (χ2v) is 8.68. The molecule has 2 aliphatic rings. The van der Waals surface area contributed by atoms with Crippen LogP contribution in [-0.2, 0) is 29.6 Å². The first-order chi connectivity index (χ1) is 16.4. The lowest BCUT2D eigenvalue weighted by Crippen LogP contribution is -2.49. The first-order valence-electron chi connectivity index (χ1n) is 11.3. The summed E-state index contributed by atoms with van der Waals surface area (Å²) in [5.41, 5.74) is 1.72. The van der Waals surface area contributed by atoms with Gasteiger partial charge in [0.1, 0.15) is 11.9 Å². The van der Waals surface area contributed by atoms with Crippen molar-refractivity contribution in [2.24, 2.45) is 7.05 Å². The molecule has 0 unspecified atom stereocenters. The van der Waals surface area contributed by atoms with Gasteiger partial charge in [0.2, 0.25) is 11.8 Å². The van der Waals surface area contributed by atoms with Crippen LogP contribution < -0.4 is 21.0 Å². The number of para-hydroxylation sites is 1. The minimum Gasteiger partial charge on any atom is -0.367 e. The second-order valence-electron chi connectivity index (χ2n) is 8.68. The average Bonchev–Trinajstić information content (AvgIpc) is 3.29. The lowest BCUT2D eigenvalue weighted by molar-refractivity contribution is -0.129. The van der Waals surface area contributed by atoms with E-state index < -0.39 is 11.2 Å². The lowest BCUT2D eigenvalue weighted by Gasteiger charge is -2.36. The molecule has 4 heterocycles. The van der Waals surface area contributed by atoms with Crippen LogP contribution >= 0.6 is 0 Å². The van der Waals surface area contributed by atoms with E-state index in [4.69, 9.17) is 0 Å². The third-order valence-electron chi connectivity index (χ3n) is 6.75. The van der Waals surface area contributed by atoms with Gasteiger partial charge >= 0.3 is 5.69 Å². The number of hydrogen-bond donors (Lipinski definition) is 0. The molecule has 3 aromatic rings. The SMILES string of the molecule is CC(=O)N1CCN(c2ccnc3c2c(=O)n(CC(=O)N2CCc4ccccc42)c(=O)n3C)CC1. The molecular weight excluding hydrogens is 436 g/mol. The maximum absolute atomic E-state index is 13.6. The van der Waals surface area contributed by atoms with Crippen molar-refractivity contribution in [2.45, 2.75) is 19.9 Å². The quantitative estimate of drug-likeness (QED) is 0.557. The summed E-state index contributed by atoms with van der Waals surface area (Å²) in [6.45, 7) is 3.94. The highest BCUT2D eigenvalue weighted by Gasteiger charge is 2.27. The first kappa shape index (κ1) is 21.9. The minimum absolute atomic E-state index is 0.0194. The van der Waals surface area contributed by atoms with Crippen molar-refractivity contribution in [3.63, 3.8) is 0 Å². The monoisotopic (exact) mass is 462 g/mol. The highest BCUT2D eigenvalue weighted by molar-refractivity contribution is 5.95. The van der Waals surface area contributed by atoms with E-state index in [-0.39, 0.29) is 24.0 Å². The molecule has 1 saturated heterocycles. The fourth-order valence-electron chi connectivity index (χ4n) is 4.88. The molecule has 1 fully saturated rings. The van der Waals surface area contributed by atoms with Crippen molar-refractivity contribution in [2.75, 3.05) is 42.5 Å². The maximum atomic E-state index is 13.6. The molecule has 2 aliphatic heterocycles. The summed E-state index contributed by atoms with van der Waals surface area (Å²) in [6.07, 6.45) is 2.32. The van der Waals surface area contributed by atoms with E-state index in [1.807, 2.05) is 29.2 Å². The fourth-order valence-corrected chi connectivity index (χ4v) is 4.88. The number of fused-ring (bicyclic) bond motifs is 2. The van der Waals surface area contributed by atoms with Crippen LogP contribution in [-0.4, -0.2) is 63.6 Å². The summed E-state index contributed by atoms with van der Waals surface area (Å²) < 4.78 is 2.32. The van der Waals surface area contributed by atoms with Gasteiger partial charge < -0.3 is 14.7 Å². The Bertz CT molecular complexity index is 1420. The average molecular weight is 463 g/mol. The van der Waals surface area contributed by atoms with Crippen LogP contribution in [0.4, 0.5) is 11.4 Å². The van der Waals surface area contributed by atoms with Crippen molar-refractivity contribution < 1.29 is 9.59 Å². The van der Waals surface area contributed by atoms with Crippen molar-refractivity contribution in [1.82, 2.24) is 19.0 Å². The zero-order valence-electron chi connectivity index (χ0n) is 19.2.